The van der Waals surface area contributed by atoms with E-state index < -0.39 is 21.5 Å². The number of hydrogen-bond donors (Lipinski definition) is 0. The smallest absolute Gasteiger partial charge is 0.243 e. The number of aryl methyl sites for hydroxylation is 1. The number of methoxy groups -OCH3 is 1. The highest BCUT2D eigenvalue weighted by atomic mass is 32.2. The second-order valence-corrected chi connectivity index (χ2v) is 12.1. The third-order valence-corrected chi connectivity index (χ3v) is 9.89. The number of ether oxygens (including phenoxy) is 1. The van der Waals surface area contributed by atoms with E-state index in [1.54, 1.807) is 31.4 Å². The summed E-state index contributed by atoms with van der Waals surface area (Å²) in [7, 11) is -2.30. The molecular weight excluding hydrogens is 508 g/mol. The first-order valence-corrected chi connectivity index (χ1v) is 14.5. The van der Waals surface area contributed by atoms with Gasteiger partial charge in [-0.2, -0.15) is 4.31 Å². The largest absolute Gasteiger partial charge is 0.497 e. The summed E-state index contributed by atoms with van der Waals surface area (Å²) in [5.74, 6) is 0.541. The van der Waals surface area contributed by atoms with Gasteiger partial charge in [0, 0.05) is 12.2 Å². The molecule has 39 heavy (non-hydrogen) atoms. The Kier molecular flexibility index (Phi) is 6.28. The van der Waals surface area contributed by atoms with Crippen LogP contribution in [0.5, 0.6) is 5.75 Å². The van der Waals surface area contributed by atoms with Gasteiger partial charge in [0.25, 0.3) is 0 Å². The maximum Gasteiger partial charge on any atom is 0.243 e. The van der Waals surface area contributed by atoms with Crippen LogP contribution in [0.4, 0.5) is 5.69 Å². The zero-order valence-corrected chi connectivity index (χ0v) is 22.8. The van der Waals surface area contributed by atoms with Gasteiger partial charge in [0.1, 0.15) is 5.75 Å². The second-order valence-electron chi connectivity index (χ2n) is 10.2. The van der Waals surface area contributed by atoms with Crippen LogP contribution in [0.15, 0.2) is 108 Å². The van der Waals surface area contributed by atoms with Crippen LogP contribution in [0.25, 0.3) is 0 Å². The maximum absolute atomic E-state index is 14.7. The summed E-state index contributed by atoms with van der Waals surface area (Å²) < 4.78 is 35.4. The van der Waals surface area contributed by atoms with Crippen molar-refractivity contribution in [3.05, 3.63) is 125 Å². The molecule has 0 saturated carbocycles. The first kappa shape index (κ1) is 25.3. The Bertz CT molecular complexity index is 1620. The van der Waals surface area contributed by atoms with E-state index in [4.69, 9.17) is 4.74 Å². The van der Waals surface area contributed by atoms with E-state index in [1.807, 2.05) is 90.7 Å². The first-order valence-electron chi connectivity index (χ1n) is 13.0. The van der Waals surface area contributed by atoms with E-state index >= 15 is 0 Å². The van der Waals surface area contributed by atoms with Gasteiger partial charge >= 0.3 is 0 Å². The van der Waals surface area contributed by atoms with Crippen LogP contribution in [-0.4, -0.2) is 32.3 Å². The molecule has 6 nitrogen and oxygen atoms in total. The Morgan fingerprint density at radius 3 is 2.23 bits per heavy atom. The molecule has 0 bridgehead atoms. The number of rotatable bonds is 6. The van der Waals surface area contributed by atoms with Gasteiger partial charge in [-0.3, -0.25) is 4.79 Å². The monoisotopic (exact) mass is 538 g/mol. The van der Waals surface area contributed by atoms with E-state index in [0.29, 0.717) is 18.7 Å². The summed E-state index contributed by atoms with van der Waals surface area (Å²) >= 11 is 0. The van der Waals surface area contributed by atoms with Crippen molar-refractivity contribution in [3.63, 3.8) is 0 Å². The van der Waals surface area contributed by atoms with E-state index in [1.165, 1.54) is 4.31 Å². The summed E-state index contributed by atoms with van der Waals surface area (Å²) in [5.41, 5.74) is 3.27. The molecule has 1 saturated heterocycles. The molecule has 198 valence electrons. The van der Waals surface area contributed by atoms with Crippen molar-refractivity contribution in [1.29, 1.82) is 0 Å². The molecule has 1 fully saturated rings. The lowest BCUT2D eigenvalue weighted by Crippen LogP contribution is -2.45. The summed E-state index contributed by atoms with van der Waals surface area (Å²) in [6.07, 6.45) is 0.363. The van der Waals surface area contributed by atoms with Gasteiger partial charge in [-0.25, -0.2) is 8.42 Å². The number of carbonyl (C=O) groups is 1. The van der Waals surface area contributed by atoms with Crippen LogP contribution in [0.1, 0.15) is 34.7 Å². The molecule has 4 aromatic rings. The SMILES string of the molecule is COc1ccc2c(c1)C1(CCN(S(=O)(=O)c3ccc(C)cc3)C1c1ccccc1)C(=O)N2Cc1ccccc1. The Labute approximate surface area is 229 Å². The lowest BCUT2D eigenvalue weighted by molar-refractivity contribution is -0.124. The van der Waals surface area contributed by atoms with E-state index in [2.05, 4.69) is 0 Å². The van der Waals surface area contributed by atoms with Crippen LogP contribution in [0.3, 0.4) is 0 Å². The molecule has 2 aliphatic heterocycles. The standard InChI is InChI=1S/C32H30N2O4S/c1-23-13-16-27(17-14-23)39(36,37)34-20-19-32(30(34)25-11-7-4-8-12-25)28-21-26(38-2)15-18-29(28)33(31(32)35)22-24-9-5-3-6-10-24/h3-18,21,30H,19-20,22H2,1-2H3. The molecule has 4 aromatic carbocycles. The van der Waals surface area contributed by atoms with Crippen LogP contribution in [-0.2, 0) is 26.8 Å². The van der Waals surface area contributed by atoms with E-state index in [9.17, 15) is 13.2 Å². The second kappa shape index (κ2) is 9.67. The van der Waals surface area contributed by atoms with Crippen LogP contribution >= 0.6 is 0 Å². The minimum atomic E-state index is -3.90. The molecule has 2 aliphatic rings. The number of hydrogen-bond acceptors (Lipinski definition) is 4. The number of anilines is 1. The summed E-state index contributed by atoms with van der Waals surface area (Å²) in [6.45, 7) is 2.54. The van der Waals surface area contributed by atoms with Crippen LogP contribution in [0, 0.1) is 6.92 Å². The van der Waals surface area contributed by atoms with Crippen molar-refractivity contribution in [2.24, 2.45) is 0 Å². The minimum absolute atomic E-state index is 0.0925. The number of sulfonamides is 1. The fraction of sp³-hybridized carbons (Fsp3) is 0.219. The molecule has 0 radical (unpaired) electrons. The average molecular weight is 539 g/mol. The number of fused-ring (bicyclic) bond motifs is 2. The summed E-state index contributed by atoms with van der Waals surface area (Å²) in [6, 6.07) is 31.3. The predicted octanol–water partition coefficient (Wildman–Crippen LogP) is 5.62. The van der Waals surface area contributed by atoms with Crippen molar-refractivity contribution in [3.8, 4) is 5.75 Å². The molecule has 2 heterocycles. The minimum Gasteiger partial charge on any atom is -0.497 e. The van der Waals surface area contributed by atoms with Gasteiger partial charge < -0.3 is 9.64 Å². The van der Waals surface area contributed by atoms with Crippen LogP contribution < -0.4 is 9.64 Å². The topological polar surface area (TPSA) is 66.9 Å². The highest BCUT2D eigenvalue weighted by molar-refractivity contribution is 7.89. The average Bonchev–Trinajstić information content (AvgIpc) is 3.48. The van der Waals surface area contributed by atoms with Crippen molar-refractivity contribution in [2.45, 2.75) is 36.2 Å². The van der Waals surface area contributed by atoms with Gasteiger partial charge in [0.15, 0.2) is 0 Å². The quantitative estimate of drug-likeness (QED) is 0.319. The Morgan fingerprint density at radius 2 is 1.56 bits per heavy atom. The van der Waals surface area contributed by atoms with Crippen LogP contribution in [0.2, 0.25) is 0 Å². The number of carbonyl (C=O) groups excluding carboxylic acids is 1. The lowest BCUT2D eigenvalue weighted by Gasteiger charge is -2.34. The number of amides is 1. The predicted molar refractivity (Wildman–Crippen MR) is 151 cm³/mol. The summed E-state index contributed by atoms with van der Waals surface area (Å²) in [4.78, 5) is 16.7. The summed E-state index contributed by atoms with van der Waals surface area (Å²) in [5, 5.41) is 0. The fourth-order valence-corrected chi connectivity index (χ4v) is 7.78. The van der Waals surface area contributed by atoms with Crippen molar-refractivity contribution in [1.82, 2.24) is 4.31 Å². The molecule has 0 aromatic heterocycles. The zero-order valence-electron chi connectivity index (χ0n) is 21.9. The molecule has 0 aliphatic carbocycles. The van der Waals surface area contributed by atoms with Gasteiger partial charge in [-0.05, 0) is 60.4 Å². The molecule has 2 unspecified atom stereocenters. The van der Waals surface area contributed by atoms with E-state index in [-0.39, 0.29) is 17.3 Å². The van der Waals surface area contributed by atoms with Crippen molar-refractivity contribution in [2.75, 3.05) is 18.6 Å². The van der Waals surface area contributed by atoms with Gasteiger partial charge in [0.2, 0.25) is 15.9 Å². The molecule has 0 N–H and O–H groups in total. The van der Waals surface area contributed by atoms with Crippen molar-refractivity contribution < 1.29 is 17.9 Å². The molecular formula is C32H30N2O4S. The van der Waals surface area contributed by atoms with Crippen molar-refractivity contribution >= 4 is 21.6 Å². The first-order chi connectivity index (χ1) is 18.9. The molecule has 1 spiro atoms. The molecule has 1 amide bonds. The highest BCUT2D eigenvalue weighted by Crippen LogP contribution is 2.58. The van der Waals surface area contributed by atoms with Gasteiger partial charge in [-0.1, -0.05) is 78.4 Å². The lowest BCUT2D eigenvalue weighted by atomic mass is 9.72. The number of nitrogens with zero attached hydrogens (tertiary/aromatic N) is 2. The third kappa shape index (κ3) is 4.04. The van der Waals surface area contributed by atoms with Gasteiger partial charge in [0.05, 0.1) is 30.0 Å². The Hall–Kier alpha value is -3.94. The van der Waals surface area contributed by atoms with Gasteiger partial charge in [-0.15, -0.1) is 0 Å². The Balaban J connectivity index is 1.55. The number of benzene rings is 4. The third-order valence-electron chi connectivity index (χ3n) is 8.01. The zero-order chi connectivity index (χ0) is 27.2. The normalized spacial score (nSPS) is 20.9. The fourth-order valence-electron chi connectivity index (χ4n) is 6.12. The molecule has 2 atom stereocenters. The molecule has 6 rings (SSSR count). The van der Waals surface area contributed by atoms with E-state index in [0.717, 1.165) is 27.9 Å². The Morgan fingerprint density at radius 1 is 0.897 bits per heavy atom. The highest BCUT2D eigenvalue weighted by Gasteiger charge is 2.63. The molecule has 7 heteroatoms. The maximum atomic E-state index is 14.7.